The summed E-state index contributed by atoms with van der Waals surface area (Å²) in [5.74, 6) is 0.0672. The Morgan fingerprint density at radius 1 is 1.83 bits per heavy atom. The Morgan fingerprint density at radius 3 is 3.17 bits per heavy atom. The first kappa shape index (κ1) is 9.22. The largest absolute Gasteiger partial charge is 0.401 e. The van der Waals surface area contributed by atoms with Crippen molar-refractivity contribution in [1.29, 1.82) is 0 Å². The van der Waals surface area contributed by atoms with Crippen molar-refractivity contribution in [3.05, 3.63) is 11.8 Å². The van der Waals surface area contributed by atoms with Crippen LogP contribution in [0.5, 0.6) is 0 Å². The van der Waals surface area contributed by atoms with Gasteiger partial charge in [-0.05, 0) is 13.3 Å². The van der Waals surface area contributed by atoms with E-state index >= 15 is 0 Å². The third-order valence-corrected chi connectivity index (χ3v) is 1.69. The first-order valence-electron chi connectivity index (χ1n) is 4.10. The minimum Gasteiger partial charge on any atom is -0.401 e. The highest BCUT2D eigenvalue weighted by Crippen LogP contribution is 2.04. The van der Waals surface area contributed by atoms with E-state index in [0.29, 0.717) is 12.1 Å². The molecule has 0 bridgehead atoms. The summed E-state index contributed by atoms with van der Waals surface area (Å²) in [5.41, 5.74) is 3.42. The van der Waals surface area contributed by atoms with E-state index in [4.69, 9.17) is 4.84 Å². The van der Waals surface area contributed by atoms with Gasteiger partial charge in [0.15, 0.2) is 5.78 Å². The summed E-state index contributed by atoms with van der Waals surface area (Å²) in [4.78, 5) is 15.8. The van der Waals surface area contributed by atoms with Crippen molar-refractivity contribution in [1.82, 2.24) is 10.6 Å². The maximum absolute atomic E-state index is 10.9. The van der Waals surface area contributed by atoms with Crippen molar-refractivity contribution in [3.63, 3.8) is 0 Å². The summed E-state index contributed by atoms with van der Waals surface area (Å²) in [6, 6.07) is 0. The maximum atomic E-state index is 10.9. The lowest BCUT2D eigenvalue weighted by Gasteiger charge is -2.25. The molecule has 4 heteroatoms. The molecule has 0 fully saturated rings. The monoisotopic (exact) mass is 170 g/mol. The second-order valence-corrected chi connectivity index (χ2v) is 2.83. The molecule has 1 aliphatic heterocycles. The molecule has 1 N–H and O–H groups in total. The topological polar surface area (TPSA) is 41.6 Å². The molecule has 0 unspecified atom stereocenters. The third-order valence-electron chi connectivity index (χ3n) is 1.69. The Bertz CT molecular complexity index is 201. The highest BCUT2D eigenvalue weighted by molar-refractivity contribution is 5.93. The molecule has 1 heterocycles. The van der Waals surface area contributed by atoms with Gasteiger partial charge < -0.3 is 4.84 Å². The average molecular weight is 170 g/mol. The van der Waals surface area contributed by atoms with Crippen LogP contribution in [0.15, 0.2) is 11.8 Å². The average Bonchev–Trinajstić information content (AvgIpc) is 2.05. The Balaban J connectivity index is 2.47. The molecule has 0 radical (unpaired) electrons. The van der Waals surface area contributed by atoms with Crippen LogP contribution < -0.4 is 5.59 Å². The lowest BCUT2D eigenvalue weighted by Crippen LogP contribution is -2.42. The minimum atomic E-state index is 0.0672. The fourth-order valence-electron chi connectivity index (χ4n) is 1.04. The van der Waals surface area contributed by atoms with Gasteiger partial charge in [0.1, 0.15) is 6.26 Å². The van der Waals surface area contributed by atoms with Crippen LogP contribution in [0.3, 0.4) is 0 Å². The minimum absolute atomic E-state index is 0.0672. The van der Waals surface area contributed by atoms with Crippen LogP contribution in [0.1, 0.15) is 20.3 Å². The number of hydrazine groups is 1. The van der Waals surface area contributed by atoms with E-state index < -0.39 is 0 Å². The molecule has 0 amide bonds. The van der Waals surface area contributed by atoms with Crippen molar-refractivity contribution in [2.24, 2.45) is 0 Å². The molecular weight excluding hydrogens is 156 g/mol. The molecule has 1 rings (SSSR count). The highest BCUT2D eigenvalue weighted by atomic mass is 16.7. The van der Waals surface area contributed by atoms with Crippen LogP contribution in [0.4, 0.5) is 0 Å². The first-order valence-corrected chi connectivity index (χ1v) is 4.10. The molecule has 68 valence electrons. The lowest BCUT2D eigenvalue weighted by molar-refractivity contribution is -0.116. The zero-order chi connectivity index (χ0) is 8.97. The number of rotatable bonds is 3. The second-order valence-electron chi connectivity index (χ2n) is 2.83. The van der Waals surface area contributed by atoms with E-state index in [2.05, 4.69) is 12.5 Å². The molecule has 1 aliphatic rings. The fourth-order valence-corrected chi connectivity index (χ4v) is 1.04. The van der Waals surface area contributed by atoms with Gasteiger partial charge in [0.25, 0.3) is 0 Å². The summed E-state index contributed by atoms with van der Waals surface area (Å²) >= 11 is 0. The predicted molar refractivity (Wildman–Crippen MR) is 44.8 cm³/mol. The van der Waals surface area contributed by atoms with Gasteiger partial charge in [-0.1, -0.05) is 12.5 Å². The van der Waals surface area contributed by atoms with E-state index in [1.165, 1.54) is 6.26 Å². The SMILES string of the molecule is CCCN1CC(C(C)=O)=CON1. The molecule has 4 nitrogen and oxygen atoms in total. The fraction of sp³-hybridized carbons (Fsp3) is 0.625. The molecule has 12 heavy (non-hydrogen) atoms. The van der Waals surface area contributed by atoms with Gasteiger partial charge in [-0.3, -0.25) is 4.79 Å². The van der Waals surface area contributed by atoms with Gasteiger partial charge in [0.05, 0.1) is 0 Å². The van der Waals surface area contributed by atoms with Crippen LogP contribution in [0, 0.1) is 0 Å². The first-order chi connectivity index (χ1) is 5.74. The van der Waals surface area contributed by atoms with E-state index in [-0.39, 0.29) is 5.78 Å². The van der Waals surface area contributed by atoms with Crippen molar-refractivity contribution >= 4 is 5.78 Å². The maximum Gasteiger partial charge on any atom is 0.160 e. The number of Topliss-reactive ketones (excluding diaryl/α,β-unsaturated/α-hetero) is 1. The van der Waals surface area contributed by atoms with E-state index in [0.717, 1.165) is 13.0 Å². The summed E-state index contributed by atoms with van der Waals surface area (Å²) in [7, 11) is 0. The Kier molecular flexibility index (Phi) is 3.25. The Labute approximate surface area is 72.1 Å². The van der Waals surface area contributed by atoms with Gasteiger partial charge in [-0.2, -0.15) is 0 Å². The van der Waals surface area contributed by atoms with E-state index in [9.17, 15) is 4.79 Å². The summed E-state index contributed by atoms with van der Waals surface area (Å²) in [6.07, 6.45) is 2.50. The summed E-state index contributed by atoms with van der Waals surface area (Å²) in [6.45, 7) is 5.13. The van der Waals surface area contributed by atoms with Crippen LogP contribution in [-0.2, 0) is 9.63 Å². The molecular formula is C8H14N2O2. The molecule has 0 saturated carbocycles. The van der Waals surface area contributed by atoms with Gasteiger partial charge in [0, 0.05) is 18.7 Å². The van der Waals surface area contributed by atoms with E-state index in [1.54, 1.807) is 6.92 Å². The van der Waals surface area contributed by atoms with Gasteiger partial charge >= 0.3 is 0 Å². The zero-order valence-corrected chi connectivity index (χ0v) is 7.46. The zero-order valence-electron chi connectivity index (χ0n) is 7.46. The van der Waals surface area contributed by atoms with Gasteiger partial charge in [-0.25, -0.2) is 5.01 Å². The van der Waals surface area contributed by atoms with Gasteiger partial charge in [-0.15, -0.1) is 0 Å². The molecule has 0 aromatic rings. The van der Waals surface area contributed by atoms with Gasteiger partial charge in [0.2, 0.25) is 0 Å². The number of nitrogens with zero attached hydrogens (tertiary/aromatic N) is 1. The molecule has 0 atom stereocenters. The number of carbonyl (C=O) groups is 1. The van der Waals surface area contributed by atoms with Crippen molar-refractivity contribution in [2.45, 2.75) is 20.3 Å². The molecule has 0 saturated heterocycles. The summed E-state index contributed by atoms with van der Waals surface area (Å²) in [5, 5.41) is 1.87. The van der Waals surface area contributed by atoms with Crippen LogP contribution in [0.25, 0.3) is 0 Å². The third kappa shape index (κ3) is 2.32. The Hall–Kier alpha value is -0.870. The van der Waals surface area contributed by atoms with Crippen LogP contribution >= 0.6 is 0 Å². The van der Waals surface area contributed by atoms with Crippen molar-refractivity contribution in [3.8, 4) is 0 Å². The number of carbonyl (C=O) groups excluding carboxylic acids is 1. The van der Waals surface area contributed by atoms with Crippen LogP contribution in [0.2, 0.25) is 0 Å². The molecule has 0 aromatic carbocycles. The molecule has 0 aliphatic carbocycles. The quantitative estimate of drug-likeness (QED) is 0.674. The normalized spacial score (nSPS) is 18.3. The summed E-state index contributed by atoms with van der Waals surface area (Å²) < 4.78 is 0. The van der Waals surface area contributed by atoms with Crippen molar-refractivity contribution in [2.75, 3.05) is 13.1 Å². The molecule has 0 aromatic heterocycles. The van der Waals surface area contributed by atoms with Crippen molar-refractivity contribution < 1.29 is 9.63 Å². The lowest BCUT2D eigenvalue weighted by atomic mass is 10.2. The number of hydrogen-bond donors (Lipinski definition) is 1. The number of hydrogen-bond acceptors (Lipinski definition) is 4. The standard InChI is InChI=1S/C8H14N2O2/c1-3-4-10-5-8(7(2)11)6-12-9-10/h6,9H,3-5H2,1-2H3. The predicted octanol–water partition coefficient (Wildman–Crippen LogP) is 0.621. The second kappa shape index (κ2) is 4.23. The number of ketones is 1. The van der Waals surface area contributed by atoms with E-state index in [1.807, 2.05) is 5.01 Å². The Morgan fingerprint density at radius 2 is 2.58 bits per heavy atom. The molecule has 0 spiro atoms. The number of nitrogens with one attached hydrogen (secondary N) is 1. The smallest absolute Gasteiger partial charge is 0.160 e. The highest BCUT2D eigenvalue weighted by Gasteiger charge is 2.14. The van der Waals surface area contributed by atoms with Crippen LogP contribution in [-0.4, -0.2) is 23.9 Å².